The molecule has 562 valence electrons. The maximum Gasteiger partial charge on any atom is 0.120 e. The Balaban J connectivity index is 0.000000915. The van der Waals surface area contributed by atoms with Crippen LogP contribution in [0.15, 0.2) is 250 Å². The molecule has 0 aliphatic heterocycles. The molecule has 0 fully saturated rings. The van der Waals surface area contributed by atoms with Gasteiger partial charge in [0.15, 0.2) is 0 Å². The Hall–Kier alpha value is -9.05. The van der Waals surface area contributed by atoms with E-state index in [0.717, 1.165) is 68.4 Å². The zero-order chi connectivity index (χ0) is 77.0. The molecule has 0 amide bonds. The third-order valence-electron chi connectivity index (χ3n) is 17.6. The topological polar surface area (TPSA) is 154 Å². The fourth-order valence-corrected chi connectivity index (χ4v) is 11.7. The van der Waals surface area contributed by atoms with Crippen LogP contribution in [0.25, 0.3) is 0 Å². The van der Waals surface area contributed by atoms with Gasteiger partial charge in [-0.1, -0.05) is 339 Å². The number of rotatable bonds is 19. The summed E-state index contributed by atoms with van der Waals surface area (Å²) in [4.78, 5) is 47.7. The van der Waals surface area contributed by atoms with E-state index in [1.165, 1.54) is 66.8 Å². The van der Waals surface area contributed by atoms with E-state index in [9.17, 15) is 0 Å². The summed E-state index contributed by atoms with van der Waals surface area (Å²) in [5.74, 6) is 2.40. The van der Waals surface area contributed by atoms with Crippen molar-refractivity contribution >= 4 is 45.6 Å². The molecule has 0 saturated carbocycles. The van der Waals surface area contributed by atoms with E-state index >= 15 is 0 Å². The smallest absolute Gasteiger partial charge is 0.120 e. The molecule has 106 heavy (non-hydrogen) atoms. The SMILES string of the molecule is CC(=Nc1c(C(C)C)cccc1C(C)C)c1cccc(C(CCC(=Nc2c(C(C)C)cccc2C(C)C)c2cccc(C(C)=Nc3c(C(C)C)cccc3C(C)C)n2)=Nc2c(C(C)C)cccc2C(C)C)n1.Cc1ccccc1.Cc1ccccc1.Cc1ccccc1.Cc1ccccc1.[Co].[Co].[N]=O.[N]=O. The second-order valence-corrected chi connectivity index (χ2v) is 28.8. The van der Waals surface area contributed by atoms with Crippen molar-refractivity contribution in [2.24, 2.45) is 20.0 Å². The van der Waals surface area contributed by atoms with Crippen LogP contribution < -0.4 is 11.2 Å². The molecule has 10 rings (SSSR count). The number of aliphatic imine (C=N–C) groups is 4. The molecule has 0 bridgehead atoms. The number of pyridine rings is 2. The van der Waals surface area contributed by atoms with Crippen molar-refractivity contribution in [2.45, 2.75) is 213 Å². The molecule has 8 aromatic carbocycles. The Kier molecular flexibility index (Phi) is 43.0. The van der Waals surface area contributed by atoms with Crippen LogP contribution >= 0.6 is 0 Å². The molecule has 0 spiro atoms. The van der Waals surface area contributed by atoms with Crippen molar-refractivity contribution in [1.82, 2.24) is 21.2 Å². The van der Waals surface area contributed by atoms with Crippen molar-refractivity contribution < 1.29 is 33.6 Å². The molecule has 12 heteroatoms. The third kappa shape index (κ3) is 29.7. The molecule has 10 aromatic rings. The average molecular weight is 1510 g/mol. The van der Waals surface area contributed by atoms with Crippen LogP contribution in [0.3, 0.4) is 0 Å². The monoisotopic (exact) mass is 1510 g/mol. The number of aromatic nitrogens is 2. The molecule has 10 nitrogen and oxygen atoms in total. The summed E-state index contributed by atoms with van der Waals surface area (Å²) in [6.45, 7) is 48.5. The minimum absolute atomic E-state index is 0. The van der Waals surface area contributed by atoms with Gasteiger partial charge in [-0.15, -0.1) is 9.81 Å². The number of para-hydroxylation sites is 4. The van der Waals surface area contributed by atoms with Gasteiger partial charge in [0.25, 0.3) is 0 Å². The van der Waals surface area contributed by atoms with Gasteiger partial charge in [-0.25, -0.2) is 9.97 Å². The molecule has 4 radical (unpaired) electrons. The number of hydrogen-bond donors (Lipinski definition) is 0. The number of nitrogens with zero attached hydrogens (tertiary/aromatic N) is 8. The van der Waals surface area contributed by atoms with Crippen molar-refractivity contribution in [3.8, 4) is 0 Å². The average Bonchev–Trinajstić information content (AvgIpc) is 0.804. The first-order valence-corrected chi connectivity index (χ1v) is 36.9. The van der Waals surface area contributed by atoms with E-state index in [-0.39, 0.29) is 57.2 Å². The van der Waals surface area contributed by atoms with E-state index in [4.69, 9.17) is 50.9 Å². The fraction of sp³-hybridized carbons (Fsp3) is 0.340. The molecular weight excluding hydrogens is 1390 g/mol. The number of hydrogen-bond acceptors (Lipinski definition) is 8. The van der Waals surface area contributed by atoms with Gasteiger partial charge in [0.1, 0.15) is 11.2 Å². The summed E-state index contributed by atoms with van der Waals surface area (Å²) < 4.78 is 0. The molecule has 0 saturated heterocycles. The standard InChI is InChI=1S/C66H84N6.4C7H8.2Co.2NO/c1-39(2)49-25-19-26-50(40(3)4)63(49)67-47(17)57-33-23-35-59(69-57)61(71-65-53(43(9)10)29-21-30-54(65)44(11)12)37-38-62(72-66-55(45(13)14)31-22-32-56(66)46(15)16)60-36-24-34-58(70-60)48(18)68-64-51(41(5)6)27-20-28-52(64)42(7)8;4*1-7-5-3-2-4-6-7;;;2*1-2/h19-36,39-46H,37-38H2,1-18H3;4*2-6H,1H3;;;;. The molecule has 0 atom stereocenters. The Bertz CT molecular complexity index is 3860. The summed E-state index contributed by atoms with van der Waals surface area (Å²) in [5.41, 5.74) is 37.7. The fourth-order valence-electron chi connectivity index (χ4n) is 11.7. The van der Waals surface area contributed by atoms with Crippen molar-refractivity contribution in [2.75, 3.05) is 0 Å². The second kappa shape index (κ2) is 48.9. The maximum atomic E-state index is 7.25. The predicted octanol–water partition coefficient (Wildman–Crippen LogP) is 26.5. The minimum Gasteiger partial charge on any atom is -0.251 e. The summed E-state index contributed by atoms with van der Waals surface area (Å²) in [6, 6.07) is 80.2. The first-order valence-electron chi connectivity index (χ1n) is 36.9. The first kappa shape index (κ1) is 93.0. The molecular formula is C94H116Co2N8O2. The maximum absolute atomic E-state index is 7.25. The zero-order valence-corrected chi connectivity index (χ0v) is 69.1. The van der Waals surface area contributed by atoms with Gasteiger partial charge in [0.2, 0.25) is 0 Å². The van der Waals surface area contributed by atoms with E-state index < -0.39 is 0 Å². The zero-order valence-electron chi connectivity index (χ0n) is 67.0. The van der Waals surface area contributed by atoms with Crippen molar-refractivity contribution in [3.63, 3.8) is 0 Å². The van der Waals surface area contributed by atoms with Crippen LogP contribution in [0.5, 0.6) is 0 Å². The Morgan fingerprint density at radius 2 is 0.425 bits per heavy atom. The second-order valence-electron chi connectivity index (χ2n) is 28.8. The van der Waals surface area contributed by atoms with Crippen LogP contribution in [-0.2, 0) is 33.6 Å². The molecule has 0 aliphatic rings. The number of nitroso groups, excluding NO2 is 2. The van der Waals surface area contributed by atoms with E-state index in [2.05, 4.69) is 310 Å². The molecule has 0 unspecified atom stereocenters. The Morgan fingerprint density at radius 3 is 0.594 bits per heavy atom. The number of benzene rings is 8. The molecule has 0 N–H and O–H groups in total. The summed E-state index contributed by atoms with van der Waals surface area (Å²) in [5, 5.41) is 0. The Morgan fingerprint density at radius 1 is 0.255 bits per heavy atom. The summed E-state index contributed by atoms with van der Waals surface area (Å²) >= 11 is 0. The number of aryl methyl sites for hydroxylation is 4. The quantitative estimate of drug-likeness (QED) is 0.0739. The normalized spacial score (nSPS) is 11.3. The van der Waals surface area contributed by atoms with Gasteiger partial charge in [0.05, 0.1) is 68.4 Å². The van der Waals surface area contributed by atoms with Gasteiger partial charge in [0, 0.05) is 33.6 Å². The molecule has 2 aromatic heterocycles. The summed E-state index contributed by atoms with van der Waals surface area (Å²) in [7, 11) is 0. The third-order valence-corrected chi connectivity index (χ3v) is 17.6. The largest absolute Gasteiger partial charge is 0.251 e. The molecule has 2 heterocycles. The van der Waals surface area contributed by atoms with Crippen LogP contribution in [0.1, 0.15) is 274 Å². The van der Waals surface area contributed by atoms with Gasteiger partial charge in [-0.3, -0.25) is 20.0 Å². The van der Waals surface area contributed by atoms with Crippen LogP contribution in [0.4, 0.5) is 22.7 Å². The van der Waals surface area contributed by atoms with Crippen LogP contribution in [-0.4, -0.2) is 32.8 Å². The predicted molar refractivity (Wildman–Crippen MR) is 448 cm³/mol. The first-order chi connectivity index (χ1) is 49.7. The van der Waals surface area contributed by atoms with E-state index in [1.54, 1.807) is 0 Å². The summed E-state index contributed by atoms with van der Waals surface area (Å²) in [6.07, 6.45) is 1.14. The molecule has 0 aliphatic carbocycles. The van der Waals surface area contributed by atoms with Crippen LogP contribution in [0.2, 0.25) is 0 Å². The van der Waals surface area contributed by atoms with Crippen molar-refractivity contribution in [3.05, 3.63) is 330 Å². The van der Waals surface area contributed by atoms with Crippen molar-refractivity contribution in [1.29, 1.82) is 0 Å². The van der Waals surface area contributed by atoms with Gasteiger partial charge in [-0.05, 0) is 171 Å². The minimum atomic E-state index is 0. The van der Waals surface area contributed by atoms with E-state index in [1.807, 2.05) is 72.8 Å². The van der Waals surface area contributed by atoms with Crippen LogP contribution in [0, 0.1) is 37.5 Å². The Labute approximate surface area is 658 Å². The van der Waals surface area contributed by atoms with E-state index in [0.29, 0.717) is 36.5 Å². The van der Waals surface area contributed by atoms with Gasteiger partial charge < -0.3 is 0 Å². The van der Waals surface area contributed by atoms with Gasteiger partial charge in [-0.2, -0.15) is 0 Å². The van der Waals surface area contributed by atoms with Gasteiger partial charge >= 0.3 is 0 Å².